The van der Waals surface area contributed by atoms with Gasteiger partial charge in [-0.05, 0) is 5.56 Å². The van der Waals surface area contributed by atoms with Gasteiger partial charge >= 0.3 is 0 Å². The third-order valence-corrected chi connectivity index (χ3v) is 3.03. The SMILES string of the molecule is Cn1cc(NC(=O)Cn2cc(-c3ccccc3)cn2)cn1. The number of amides is 1. The van der Waals surface area contributed by atoms with Crippen LogP contribution in [0.5, 0.6) is 0 Å². The van der Waals surface area contributed by atoms with Gasteiger partial charge in [0.25, 0.3) is 0 Å². The number of rotatable bonds is 4. The Morgan fingerprint density at radius 3 is 2.62 bits per heavy atom. The number of benzene rings is 1. The summed E-state index contributed by atoms with van der Waals surface area (Å²) in [5, 5.41) is 11.0. The first-order valence-electron chi connectivity index (χ1n) is 6.57. The van der Waals surface area contributed by atoms with Gasteiger partial charge in [0.15, 0.2) is 0 Å². The number of hydrogen-bond donors (Lipinski definition) is 1. The van der Waals surface area contributed by atoms with E-state index in [4.69, 9.17) is 0 Å². The number of anilines is 1. The first kappa shape index (κ1) is 13.1. The second-order valence-electron chi connectivity index (χ2n) is 4.74. The fourth-order valence-corrected chi connectivity index (χ4v) is 2.06. The van der Waals surface area contributed by atoms with E-state index in [0.29, 0.717) is 5.69 Å². The van der Waals surface area contributed by atoms with Crippen molar-refractivity contribution in [3.63, 3.8) is 0 Å². The maximum Gasteiger partial charge on any atom is 0.246 e. The lowest BCUT2D eigenvalue weighted by atomic mass is 10.1. The molecule has 0 bridgehead atoms. The number of aryl methyl sites for hydroxylation is 1. The maximum atomic E-state index is 11.9. The first-order chi connectivity index (χ1) is 10.2. The average Bonchev–Trinajstić information content (AvgIpc) is 3.09. The highest BCUT2D eigenvalue weighted by Crippen LogP contribution is 2.17. The molecule has 21 heavy (non-hydrogen) atoms. The van der Waals surface area contributed by atoms with Crippen LogP contribution in [0.3, 0.4) is 0 Å². The van der Waals surface area contributed by atoms with Gasteiger partial charge in [0, 0.05) is 25.0 Å². The molecule has 0 radical (unpaired) electrons. The Balaban J connectivity index is 1.66. The van der Waals surface area contributed by atoms with Gasteiger partial charge in [-0.15, -0.1) is 0 Å². The lowest BCUT2D eigenvalue weighted by Crippen LogP contribution is -2.18. The van der Waals surface area contributed by atoms with Crippen molar-refractivity contribution in [1.82, 2.24) is 19.6 Å². The van der Waals surface area contributed by atoms with Crippen LogP contribution in [0, 0.1) is 0 Å². The van der Waals surface area contributed by atoms with E-state index in [1.54, 1.807) is 35.0 Å². The van der Waals surface area contributed by atoms with Gasteiger partial charge < -0.3 is 5.32 Å². The first-order valence-corrected chi connectivity index (χ1v) is 6.57. The molecule has 3 rings (SSSR count). The predicted molar refractivity (Wildman–Crippen MR) is 79.5 cm³/mol. The molecule has 0 fully saturated rings. The zero-order chi connectivity index (χ0) is 14.7. The summed E-state index contributed by atoms with van der Waals surface area (Å²) in [7, 11) is 1.80. The van der Waals surface area contributed by atoms with Gasteiger partial charge in [0.1, 0.15) is 6.54 Å². The fourth-order valence-electron chi connectivity index (χ4n) is 2.06. The molecule has 2 heterocycles. The van der Waals surface area contributed by atoms with E-state index < -0.39 is 0 Å². The van der Waals surface area contributed by atoms with E-state index in [9.17, 15) is 4.79 Å². The molecule has 0 aliphatic rings. The molecular weight excluding hydrogens is 266 g/mol. The quantitative estimate of drug-likeness (QED) is 0.794. The number of hydrogen-bond acceptors (Lipinski definition) is 3. The molecule has 6 nitrogen and oxygen atoms in total. The molecule has 2 aromatic heterocycles. The van der Waals surface area contributed by atoms with Crippen LogP contribution in [-0.2, 0) is 18.4 Å². The molecule has 1 N–H and O–H groups in total. The molecule has 0 aliphatic carbocycles. The van der Waals surface area contributed by atoms with Crippen LogP contribution < -0.4 is 5.32 Å². The van der Waals surface area contributed by atoms with E-state index in [1.807, 2.05) is 36.5 Å². The zero-order valence-electron chi connectivity index (χ0n) is 11.6. The molecule has 0 unspecified atom stereocenters. The molecule has 0 atom stereocenters. The average molecular weight is 281 g/mol. The third-order valence-electron chi connectivity index (χ3n) is 3.03. The van der Waals surface area contributed by atoms with E-state index in [-0.39, 0.29) is 12.5 Å². The highest BCUT2D eigenvalue weighted by Gasteiger charge is 2.07. The van der Waals surface area contributed by atoms with E-state index in [0.717, 1.165) is 11.1 Å². The van der Waals surface area contributed by atoms with Crippen molar-refractivity contribution in [3.05, 3.63) is 55.1 Å². The van der Waals surface area contributed by atoms with Crippen molar-refractivity contribution >= 4 is 11.6 Å². The second-order valence-corrected chi connectivity index (χ2v) is 4.74. The fraction of sp³-hybridized carbons (Fsp3) is 0.133. The molecule has 0 saturated carbocycles. The van der Waals surface area contributed by atoms with Gasteiger partial charge in [0.2, 0.25) is 5.91 Å². The van der Waals surface area contributed by atoms with E-state index in [2.05, 4.69) is 15.5 Å². The minimum Gasteiger partial charge on any atom is -0.322 e. The number of nitrogens with one attached hydrogen (secondary N) is 1. The lowest BCUT2D eigenvalue weighted by molar-refractivity contribution is -0.116. The largest absolute Gasteiger partial charge is 0.322 e. The topological polar surface area (TPSA) is 64.7 Å². The Morgan fingerprint density at radius 2 is 1.90 bits per heavy atom. The summed E-state index contributed by atoms with van der Waals surface area (Å²) in [5.41, 5.74) is 2.75. The smallest absolute Gasteiger partial charge is 0.246 e. The summed E-state index contributed by atoms with van der Waals surface area (Å²) in [6.45, 7) is 0.168. The highest BCUT2D eigenvalue weighted by molar-refractivity contribution is 5.90. The van der Waals surface area contributed by atoms with Crippen LogP contribution in [0.4, 0.5) is 5.69 Å². The lowest BCUT2D eigenvalue weighted by Gasteiger charge is -2.02. The number of carbonyl (C=O) groups excluding carboxylic acids is 1. The van der Waals surface area contributed by atoms with Crippen molar-refractivity contribution in [2.45, 2.75) is 6.54 Å². The van der Waals surface area contributed by atoms with Crippen LogP contribution in [-0.4, -0.2) is 25.5 Å². The summed E-state index contributed by atoms with van der Waals surface area (Å²) in [6, 6.07) is 9.94. The van der Waals surface area contributed by atoms with Crippen LogP contribution in [0.2, 0.25) is 0 Å². The summed E-state index contributed by atoms with van der Waals surface area (Å²) in [5.74, 6) is -0.134. The van der Waals surface area contributed by atoms with E-state index in [1.165, 1.54) is 0 Å². The Kier molecular flexibility index (Phi) is 3.51. The third kappa shape index (κ3) is 3.17. The summed E-state index contributed by atoms with van der Waals surface area (Å²) >= 11 is 0. The Morgan fingerprint density at radius 1 is 1.10 bits per heavy atom. The minimum atomic E-state index is -0.134. The molecule has 3 aromatic rings. The number of aromatic nitrogens is 4. The van der Waals surface area contributed by atoms with Crippen molar-refractivity contribution < 1.29 is 4.79 Å². The molecular formula is C15H15N5O. The second kappa shape index (κ2) is 5.62. The summed E-state index contributed by atoms with van der Waals surface area (Å²) in [4.78, 5) is 11.9. The van der Waals surface area contributed by atoms with Gasteiger partial charge in [-0.2, -0.15) is 10.2 Å². The van der Waals surface area contributed by atoms with Crippen LogP contribution in [0.25, 0.3) is 11.1 Å². The standard InChI is InChI=1S/C15H15N5O/c1-19-10-14(8-16-19)18-15(21)11-20-9-13(7-17-20)12-5-3-2-4-6-12/h2-10H,11H2,1H3,(H,18,21). The number of nitrogens with zero attached hydrogens (tertiary/aromatic N) is 4. The Hall–Kier alpha value is -2.89. The zero-order valence-corrected chi connectivity index (χ0v) is 11.6. The van der Waals surface area contributed by atoms with Gasteiger partial charge in [0.05, 0.1) is 18.1 Å². The van der Waals surface area contributed by atoms with Crippen molar-refractivity contribution in [1.29, 1.82) is 0 Å². The molecule has 106 valence electrons. The monoisotopic (exact) mass is 281 g/mol. The molecule has 0 saturated heterocycles. The molecule has 0 spiro atoms. The Bertz CT molecular complexity index is 744. The Labute approximate surface area is 122 Å². The number of carbonyl (C=O) groups is 1. The minimum absolute atomic E-state index is 0.134. The van der Waals surface area contributed by atoms with Crippen molar-refractivity contribution in [2.24, 2.45) is 7.05 Å². The molecule has 6 heteroatoms. The normalized spacial score (nSPS) is 10.5. The van der Waals surface area contributed by atoms with Gasteiger partial charge in [-0.25, -0.2) is 0 Å². The predicted octanol–water partition coefficient (Wildman–Crippen LogP) is 1.92. The van der Waals surface area contributed by atoms with Crippen molar-refractivity contribution in [2.75, 3.05) is 5.32 Å². The molecule has 1 amide bonds. The van der Waals surface area contributed by atoms with Crippen LogP contribution in [0.15, 0.2) is 55.1 Å². The van der Waals surface area contributed by atoms with Crippen molar-refractivity contribution in [3.8, 4) is 11.1 Å². The molecule has 1 aromatic carbocycles. The molecule has 0 aliphatic heterocycles. The highest BCUT2D eigenvalue weighted by atomic mass is 16.2. The van der Waals surface area contributed by atoms with E-state index >= 15 is 0 Å². The van der Waals surface area contributed by atoms with Crippen LogP contribution in [0.1, 0.15) is 0 Å². The van der Waals surface area contributed by atoms with Gasteiger partial charge in [-0.1, -0.05) is 30.3 Å². The maximum absolute atomic E-state index is 11.9. The van der Waals surface area contributed by atoms with Gasteiger partial charge in [-0.3, -0.25) is 14.2 Å². The summed E-state index contributed by atoms with van der Waals surface area (Å²) < 4.78 is 3.26. The summed E-state index contributed by atoms with van der Waals surface area (Å²) in [6.07, 6.45) is 6.97. The van der Waals surface area contributed by atoms with Crippen LogP contribution >= 0.6 is 0 Å².